The highest BCUT2D eigenvalue weighted by atomic mass is 16.2. The van der Waals surface area contributed by atoms with Crippen LogP contribution in [0.1, 0.15) is 40.4 Å². The molecule has 0 unspecified atom stereocenters. The maximum absolute atomic E-state index is 12.8. The Labute approximate surface area is 152 Å². The van der Waals surface area contributed by atoms with E-state index in [9.17, 15) is 4.79 Å². The summed E-state index contributed by atoms with van der Waals surface area (Å²) in [5, 5.41) is 4.37. The monoisotopic (exact) mass is 349 g/mol. The fourth-order valence-corrected chi connectivity index (χ4v) is 3.69. The Balaban J connectivity index is 1.43. The highest BCUT2D eigenvalue weighted by molar-refractivity contribution is 5.91. The number of benzene rings is 1. The summed E-state index contributed by atoms with van der Waals surface area (Å²) in [6, 6.07) is 12.5. The van der Waals surface area contributed by atoms with Crippen molar-refractivity contribution in [2.45, 2.75) is 33.1 Å². The minimum atomic E-state index is -0.0919. The lowest BCUT2D eigenvalue weighted by molar-refractivity contribution is 0.0678. The minimum absolute atomic E-state index is 0.0919. The van der Waals surface area contributed by atoms with E-state index in [0.29, 0.717) is 11.7 Å². The third kappa shape index (κ3) is 3.31. The molecule has 4 rings (SSSR count). The lowest BCUT2D eigenvalue weighted by Crippen LogP contribution is -2.39. The molecule has 0 aliphatic carbocycles. The smallest absolute Gasteiger partial charge is 0.293 e. The molecular weight excluding hydrogens is 326 g/mol. The lowest BCUT2D eigenvalue weighted by Gasteiger charge is -2.31. The molecule has 0 radical (unpaired) electrons. The number of aromatic nitrogens is 4. The predicted molar refractivity (Wildman–Crippen MR) is 99.0 cm³/mol. The van der Waals surface area contributed by atoms with Crippen LogP contribution in [0.15, 0.2) is 36.4 Å². The van der Waals surface area contributed by atoms with E-state index in [4.69, 9.17) is 0 Å². The standard InChI is InChI=1S/C20H23N5O/c1-14-12-15(2)25-20(21-14)22-18(23-25)19(26)24-10-8-17(9-11-24)13-16-6-4-3-5-7-16/h3-7,12,17H,8-11,13H2,1-2H3. The van der Waals surface area contributed by atoms with Crippen molar-refractivity contribution in [1.82, 2.24) is 24.5 Å². The number of hydrogen-bond donors (Lipinski definition) is 0. The number of rotatable bonds is 3. The zero-order chi connectivity index (χ0) is 18.1. The second-order valence-corrected chi connectivity index (χ2v) is 7.11. The number of carbonyl (C=O) groups excluding carboxylic acids is 1. The van der Waals surface area contributed by atoms with Gasteiger partial charge in [-0.3, -0.25) is 4.79 Å². The van der Waals surface area contributed by atoms with Crippen LogP contribution in [0, 0.1) is 19.8 Å². The van der Waals surface area contributed by atoms with Crippen LogP contribution in [0.4, 0.5) is 0 Å². The van der Waals surface area contributed by atoms with Crippen molar-refractivity contribution in [2.75, 3.05) is 13.1 Å². The van der Waals surface area contributed by atoms with Gasteiger partial charge in [-0.05, 0) is 50.7 Å². The van der Waals surface area contributed by atoms with Crippen molar-refractivity contribution in [1.29, 1.82) is 0 Å². The number of likely N-dealkylation sites (tertiary alicyclic amines) is 1. The Bertz CT molecular complexity index is 926. The van der Waals surface area contributed by atoms with Crippen molar-refractivity contribution in [3.05, 3.63) is 59.2 Å². The molecule has 0 saturated carbocycles. The Morgan fingerprint density at radius 3 is 2.58 bits per heavy atom. The van der Waals surface area contributed by atoms with Gasteiger partial charge >= 0.3 is 0 Å². The highest BCUT2D eigenvalue weighted by Crippen LogP contribution is 2.22. The lowest BCUT2D eigenvalue weighted by atomic mass is 9.90. The van der Waals surface area contributed by atoms with Crippen LogP contribution in [0.5, 0.6) is 0 Å². The normalized spacial score (nSPS) is 15.5. The zero-order valence-electron chi connectivity index (χ0n) is 15.2. The van der Waals surface area contributed by atoms with Crippen molar-refractivity contribution in [2.24, 2.45) is 5.92 Å². The van der Waals surface area contributed by atoms with Crippen LogP contribution >= 0.6 is 0 Å². The molecule has 0 bridgehead atoms. The predicted octanol–water partition coefficient (Wildman–Crippen LogP) is 2.84. The highest BCUT2D eigenvalue weighted by Gasteiger charge is 2.26. The van der Waals surface area contributed by atoms with Crippen LogP contribution in [-0.4, -0.2) is 43.5 Å². The molecular formula is C20H23N5O. The van der Waals surface area contributed by atoms with Crippen molar-refractivity contribution < 1.29 is 4.79 Å². The van der Waals surface area contributed by atoms with Crippen molar-refractivity contribution >= 4 is 11.7 Å². The average molecular weight is 349 g/mol. The van der Waals surface area contributed by atoms with Crippen LogP contribution in [0.3, 0.4) is 0 Å². The van der Waals surface area contributed by atoms with Gasteiger partial charge in [0.15, 0.2) is 0 Å². The first kappa shape index (κ1) is 16.7. The van der Waals surface area contributed by atoms with E-state index in [1.54, 1.807) is 4.52 Å². The van der Waals surface area contributed by atoms with Crippen molar-refractivity contribution in [3.8, 4) is 0 Å². The maximum Gasteiger partial charge on any atom is 0.293 e. The fourth-order valence-electron chi connectivity index (χ4n) is 3.69. The van der Waals surface area contributed by atoms with E-state index in [0.717, 1.165) is 43.7 Å². The van der Waals surface area contributed by atoms with Gasteiger partial charge < -0.3 is 4.90 Å². The number of nitrogens with zero attached hydrogens (tertiary/aromatic N) is 5. The van der Waals surface area contributed by atoms with E-state index in [-0.39, 0.29) is 11.7 Å². The van der Waals surface area contributed by atoms with Gasteiger partial charge in [-0.25, -0.2) is 9.50 Å². The SMILES string of the molecule is Cc1cc(C)n2nc(C(=O)N3CCC(Cc4ccccc4)CC3)nc2n1. The Hall–Kier alpha value is -2.76. The first-order valence-corrected chi connectivity index (χ1v) is 9.14. The average Bonchev–Trinajstić information content (AvgIpc) is 3.07. The van der Waals surface area contributed by atoms with E-state index >= 15 is 0 Å². The Morgan fingerprint density at radius 1 is 1.12 bits per heavy atom. The second-order valence-electron chi connectivity index (χ2n) is 7.11. The molecule has 26 heavy (non-hydrogen) atoms. The minimum Gasteiger partial charge on any atom is -0.336 e. The fraction of sp³-hybridized carbons (Fsp3) is 0.400. The number of piperidine rings is 1. The van der Waals surface area contributed by atoms with Crippen molar-refractivity contribution in [3.63, 3.8) is 0 Å². The molecule has 1 aromatic carbocycles. The van der Waals surface area contributed by atoms with Crippen LogP contribution in [-0.2, 0) is 6.42 Å². The summed E-state index contributed by atoms with van der Waals surface area (Å²) in [7, 11) is 0. The summed E-state index contributed by atoms with van der Waals surface area (Å²) in [5.41, 5.74) is 3.18. The maximum atomic E-state index is 12.8. The number of fused-ring (bicyclic) bond motifs is 1. The quantitative estimate of drug-likeness (QED) is 0.729. The number of aryl methyl sites for hydroxylation is 2. The molecule has 1 saturated heterocycles. The van der Waals surface area contributed by atoms with Gasteiger partial charge in [0.25, 0.3) is 11.7 Å². The molecule has 1 amide bonds. The molecule has 6 nitrogen and oxygen atoms in total. The second kappa shape index (κ2) is 6.86. The van der Waals surface area contributed by atoms with Gasteiger partial charge in [0.2, 0.25) is 5.82 Å². The zero-order valence-corrected chi connectivity index (χ0v) is 15.2. The van der Waals surface area contributed by atoms with Gasteiger partial charge in [-0.1, -0.05) is 30.3 Å². The first-order valence-electron chi connectivity index (χ1n) is 9.14. The summed E-state index contributed by atoms with van der Waals surface area (Å²) >= 11 is 0. The summed E-state index contributed by atoms with van der Waals surface area (Å²) in [6.45, 7) is 5.38. The number of hydrogen-bond acceptors (Lipinski definition) is 4. The molecule has 3 aromatic rings. The van der Waals surface area contributed by atoms with Gasteiger partial charge in [-0.2, -0.15) is 4.98 Å². The van der Waals surface area contributed by atoms with E-state index in [1.807, 2.05) is 30.9 Å². The van der Waals surface area contributed by atoms with Gasteiger partial charge in [0.05, 0.1) is 0 Å². The molecule has 0 spiro atoms. The molecule has 2 aromatic heterocycles. The summed E-state index contributed by atoms with van der Waals surface area (Å²) < 4.78 is 1.64. The summed E-state index contributed by atoms with van der Waals surface area (Å²) in [4.78, 5) is 23.4. The molecule has 0 N–H and O–H groups in total. The molecule has 0 atom stereocenters. The van der Waals surface area contributed by atoms with E-state index in [2.05, 4.69) is 39.3 Å². The molecule has 3 heterocycles. The third-order valence-corrected chi connectivity index (χ3v) is 5.08. The largest absolute Gasteiger partial charge is 0.336 e. The Kier molecular flexibility index (Phi) is 4.41. The molecule has 1 fully saturated rings. The molecule has 134 valence electrons. The van der Waals surface area contributed by atoms with Gasteiger partial charge in [-0.15, -0.1) is 5.10 Å². The summed E-state index contributed by atoms with van der Waals surface area (Å²) in [6.07, 6.45) is 3.12. The third-order valence-electron chi connectivity index (χ3n) is 5.08. The number of amides is 1. The molecule has 1 aliphatic rings. The van der Waals surface area contributed by atoms with E-state index < -0.39 is 0 Å². The van der Waals surface area contributed by atoms with E-state index in [1.165, 1.54) is 5.56 Å². The van der Waals surface area contributed by atoms with Crippen LogP contribution < -0.4 is 0 Å². The first-order chi connectivity index (χ1) is 12.6. The summed E-state index contributed by atoms with van der Waals surface area (Å²) in [5.74, 6) is 1.27. The molecule has 6 heteroatoms. The topological polar surface area (TPSA) is 63.4 Å². The van der Waals surface area contributed by atoms with Gasteiger partial charge in [0.1, 0.15) is 0 Å². The van der Waals surface area contributed by atoms with Gasteiger partial charge in [0, 0.05) is 24.5 Å². The van der Waals surface area contributed by atoms with Crippen LogP contribution in [0.2, 0.25) is 0 Å². The van der Waals surface area contributed by atoms with Crippen LogP contribution in [0.25, 0.3) is 5.78 Å². The molecule has 1 aliphatic heterocycles. The Morgan fingerprint density at radius 2 is 1.85 bits per heavy atom. The number of carbonyl (C=O) groups is 1.